The molecule has 25 heavy (non-hydrogen) atoms. The van der Waals surface area contributed by atoms with Crippen LogP contribution in [0.3, 0.4) is 0 Å². The molecule has 5 nitrogen and oxygen atoms in total. The number of hydrogen-bond donors (Lipinski definition) is 1. The first-order valence-electron chi connectivity index (χ1n) is 7.93. The second-order valence-corrected chi connectivity index (χ2v) is 6.35. The van der Waals surface area contributed by atoms with Crippen molar-refractivity contribution in [2.75, 3.05) is 12.1 Å². The summed E-state index contributed by atoms with van der Waals surface area (Å²) in [5.74, 6) is 0.695. The first-order chi connectivity index (χ1) is 11.9. The number of aryl methyl sites for hydroxylation is 2. The molecule has 3 rings (SSSR count). The van der Waals surface area contributed by atoms with Gasteiger partial charge in [0.1, 0.15) is 0 Å². The molecule has 2 aromatic carbocycles. The summed E-state index contributed by atoms with van der Waals surface area (Å²) >= 11 is 6.10. The topological polar surface area (TPSA) is 64.6 Å². The molecule has 0 fully saturated rings. The van der Waals surface area contributed by atoms with E-state index in [0.29, 0.717) is 34.2 Å². The van der Waals surface area contributed by atoms with Gasteiger partial charge in [-0.05, 0) is 43.5 Å². The van der Waals surface area contributed by atoms with Crippen molar-refractivity contribution in [2.45, 2.75) is 26.7 Å². The number of hydrogen-bond acceptors (Lipinski definition) is 4. The monoisotopic (exact) mass is 359 g/mol. The molecule has 1 heterocycles. The lowest BCUT2D eigenvalue weighted by molar-refractivity contribution is -0.116. The Morgan fingerprint density at radius 1 is 1.16 bits per heavy atom. The van der Waals surface area contributed by atoms with E-state index in [-0.39, 0.29) is 24.9 Å². The van der Waals surface area contributed by atoms with Crippen molar-refractivity contribution >= 4 is 29.0 Å². The third-order valence-electron chi connectivity index (χ3n) is 4.04. The molecule has 1 amide bonds. The summed E-state index contributed by atoms with van der Waals surface area (Å²) < 4.78 is 10.6. The third kappa shape index (κ3) is 3.94. The Morgan fingerprint density at radius 2 is 1.88 bits per heavy atom. The van der Waals surface area contributed by atoms with E-state index in [9.17, 15) is 9.59 Å². The van der Waals surface area contributed by atoms with Crippen LogP contribution in [0, 0.1) is 6.92 Å². The predicted molar refractivity (Wildman–Crippen MR) is 95.7 cm³/mol. The minimum absolute atomic E-state index is 0.109. The van der Waals surface area contributed by atoms with Gasteiger partial charge in [0.15, 0.2) is 17.3 Å². The molecule has 130 valence electrons. The Balaban J connectivity index is 1.70. The summed E-state index contributed by atoms with van der Waals surface area (Å²) in [7, 11) is 0. The van der Waals surface area contributed by atoms with Crippen molar-refractivity contribution in [1.82, 2.24) is 0 Å². The quantitative estimate of drug-likeness (QED) is 0.814. The zero-order chi connectivity index (χ0) is 18.0. The van der Waals surface area contributed by atoms with Gasteiger partial charge < -0.3 is 14.8 Å². The fourth-order valence-electron chi connectivity index (χ4n) is 2.60. The lowest BCUT2D eigenvalue weighted by atomic mass is 10.1. The number of Topliss-reactive ketones (excluding diaryl/α,β-unsaturated/α-hetero) is 1. The average molecular weight is 360 g/mol. The average Bonchev–Trinajstić information content (AvgIpc) is 3.02. The Morgan fingerprint density at radius 3 is 2.56 bits per heavy atom. The van der Waals surface area contributed by atoms with E-state index in [1.807, 2.05) is 25.1 Å². The lowest BCUT2D eigenvalue weighted by Gasteiger charge is -2.11. The highest BCUT2D eigenvalue weighted by atomic mass is 35.5. The van der Waals surface area contributed by atoms with Crippen LogP contribution in [-0.4, -0.2) is 18.5 Å². The molecule has 0 aromatic heterocycles. The SMILES string of the molecule is CC(=O)c1cc2c(cc1NC(=O)CCc1ccc(C)c(Cl)c1)OCO2. The van der Waals surface area contributed by atoms with E-state index in [0.717, 1.165) is 11.1 Å². The molecular weight excluding hydrogens is 342 g/mol. The molecule has 0 saturated heterocycles. The Hall–Kier alpha value is -2.53. The van der Waals surface area contributed by atoms with Crippen LogP contribution in [0.4, 0.5) is 5.69 Å². The molecule has 6 heteroatoms. The van der Waals surface area contributed by atoms with Crippen molar-refractivity contribution in [1.29, 1.82) is 0 Å². The van der Waals surface area contributed by atoms with Crippen LogP contribution < -0.4 is 14.8 Å². The van der Waals surface area contributed by atoms with Crippen LogP contribution in [0.5, 0.6) is 11.5 Å². The molecule has 2 aromatic rings. The van der Waals surface area contributed by atoms with Crippen LogP contribution in [0.1, 0.15) is 34.8 Å². The maximum absolute atomic E-state index is 12.3. The van der Waals surface area contributed by atoms with Crippen molar-refractivity contribution in [2.24, 2.45) is 0 Å². The number of anilines is 1. The van der Waals surface area contributed by atoms with E-state index >= 15 is 0 Å². The number of amides is 1. The molecule has 0 spiro atoms. The van der Waals surface area contributed by atoms with Crippen molar-refractivity contribution in [3.8, 4) is 11.5 Å². The fraction of sp³-hybridized carbons (Fsp3) is 0.263. The summed E-state index contributed by atoms with van der Waals surface area (Å²) in [6.07, 6.45) is 0.844. The maximum Gasteiger partial charge on any atom is 0.231 e. The summed E-state index contributed by atoms with van der Waals surface area (Å²) in [6, 6.07) is 8.98. The number of benzene rings is 2. The second kappa shape index (κ2) is 7.15. The summed E-state index contributed by atoms with van der Waals surface area (Å²) in [4.78, 5) is 24.1. The van der Waals surface area contributed by atoms with Gasteiger partial charge in [-0.25, -0.2) is 0 Å². The molecule has 0 radical (unpaired) electrons. The van der Waals surface area contributed by atoms with Crippen LogP contribution in [0.15, 0.2) is 30.3 Å². The van der Waals surface area contributed by atoms with Gasteiger partial charge in [0.25, 0.3) is 0 Å². The Labute approximate surface area is 150 Å². The summed E-state index contributed by atoms with van der Waals surface area (Å²) in [5.41, 5.74) is 2.82. The van der Waals surface area contributed by atoms with Gasteiger partial charge >= 0.3 is 0 Å². The van der Waals surface area contributed by atoms with Crippen LogP contribution >= 0.6 is 11.6 Å². The zero-order valence-corrected chi connectivity index (χ0v) is 14.8. The smallest absolute Gasteiger partial charge is 0.231 e. The molecule has 0 unspecified atom stereocenters. The van der Waals surface area contributed by atoms with Crippen molar-refractivity contribution < 1.29 is 19.1 Å². The lowest BCUT2D eigenvalue weighted by Crippen LogP contribution is -2.14. The second-order valence-electron chi connectivity index (χ2n) is 5.94. The minimum Gasteiger partial charge on any atom is -0.454 e. The number of halogens is 1. The maximum atomic E-state index is 12.3. The van der Waals surface area contributed by atoms with Gasteiger partial charge in [-0.2, -0.15) is 0 Å². The van der Waals surface area contributed by atoms with Gasteiger partial charge in [0.2, 0.25) is 12.7 Å². The normalized spacial score (nSPS) is 12.1. The molecule has 0 atom stereocenters. The highest BCUT2D eigenvalue weighted by Gasteiger charge is 2.20. The number of rotatable bonds is 5. The molecule has 0 bridgehead atoms. The first-order valence-corrected chi connectivity index (χ1v) is 8.31. The van der Waals surface area contributed by atoms with E-state index in [2.05, 4.69) is 5.32 Å². The van der Waals surface area contributed by atoms with E-state index in [1.165, 1.54) is 6.92 Å². The van der Waals surface area contributed by atoms with Crippen LogP contribution in [-0.2, 0) is 11.2 Å². The summed E-state index contributed by atoms with van der Waals surface area (Å²) in [6.45, 7) is 3.49. The van der Waals surface area contributed by atoms with Gasteiger partial charge in [-0.3, -0.25) is 9.59 Å². The van der Waals surface area contributed by atoms with Crippen LogP contribution in [0.25, 0.3) is 0 Å². The minimum atomic E-state index is -0.182. The highest BCUT2D eigenvalue weighted by molar-refractivity contribution is 6.31. The molecule has 0 saturated carbocycles. The van der Waals surface area contributed by atoms with Gasteiger partial charge in [0, 0.05) is 23.1 Å². The first kappa shape index (κ1) is 17.3. The predicted octanol–water partition coefficient (Wildman–Crippen LogP) is 4.15. The standard InChI is InChI=1S/C19H18ClNO4/c1-11-3-4-13(7-15(11)20)5-6-19(23)21-16-9-18-17(24-10-25-18)8-14(16)12(2)22/h3-4,7-9H,5-6,10H2,1-2H3,(H,21,23). The molecule has 1 aliphatic heterocycles. The van der Waals surface area contributed by atoms with E-state index in [4.69, 9.17) is 21.1 Å². The number of ketones is 1. The van der Waals surface area contributed by atoms with E-state index < -0.39 is 0 Å². The van der Waals surface area contributed by atoms with Gasteiger partial charge in [-0.15, -0.1) is 0 Å². The number of ether oxygens (including phenoxy) is 2. The van der Waals surface area contributed by atoms with Crippen molar-refractivity contribution in [3.05, 3.63) is 52.0 Å². The van der Waals surface area contributed by atoms with Crippen molar-refractivity contribution in [3.63, 3.8) is 0 Å². The molecule has 1 aliphatic rings. The zero-order valence-electron chi connectivity index (χ0n) is 14.0. The largest absolute Gasteiger partial charge is 0.454 e. The number of fused-ring (bicyclic) bond motifs is 1. The Kier molecular flexibility index (Phi) is 4.95. The molecule has 1 N–H and O–H groups in total. The summed E-state index contributed by atoms with van der Waals surface area (Å²) in [5, 5.41) is 3.48. The van der Waals surface area contributed by atoms with Gasteiger partial charge in [-0.1, -0.05) is 23.7 Å². The number of carbonyl (C=O) groups excluding carboxylic acids is 2. The van der Waals surface area contributed by atoms with E-state index in [1.54, 1.807) is 12.1 Å². The third-order valence-corrected chi connectivity index (χ3v) is 4.45. The fourth-order valence-corrected chi connectivity index (χ4v) is 2.80. The Bertz CT molecular complexity index is 848. The van der Waals surface area contributed by atoms with Gasteiger partial charge in [0.05, 0.1) is 5.69 Å². The molecule has 0 aliphatic carbocycles. The number of nitrogens with one attached hydrogen (secondary N) is 1. The van der Waals surface area contributed by atoms with Crippen LogP contribution in [0.2, 0.25) is 5.02 Å². The number of carbonyl (C=O) groups is 2. The molecular formula is C19H18ClNO4. The highest BCUT2D eigenvalue weighted by Crippen LogP contribution is 2.37.